The van der Waals surface area contributed by atoms with Gasteiger partial charge in [0.15, 0.2) is 0 Å². The lowest BCUT2D eigenvalue weighted by molar-refractivity contribution is 0.609. The number of allylic oxidation sites excluding steroid dienone is 2. The third-order valence-electron chi connectivity index (χ3n) is 11.4. The summed E-state index contributed by atoms with van der Waals surface area (Å²) < 4.78 is 5.13. The lowest BCUT2D eigenvalue weighted by Gasteiger charge is -2.40. The summed E-state index contributed by atoms with van der Waals surface area (Å²) in [5.74, 6) is 0. The minimum atomic E-state index is -0.221. The minimum Gasteiger partial charge on any atom is -0.330 e. The molecule has 0 saturated carbocycles. The molecule has 1 unspecified atom stereocenters. The van der Waals surface area contributed by atoms with E-state index >= 15 is 0 Å². The fraction of sp³-hybridized carbons (Fsp3) is 0.0612. The molecule has 1 atom stereocenters. The number of aromatic nitrogens is 1. The van der Waals surface area contributed by atoms with Crippen molar-refractivity contribution >= 4 is 75.8 Å². The Kier molecular flexibility index (Phi) is 6.35. The van der Waals surface area contributed by atoms with Crippen molar-refractivity contribution in [3.05, 3.63) is 187 Å². The van der Waals surface area contributed by atoms with Crippen molar-refractivity contribution in [1.82, 2.24) is 4.57 Å². The van der Waals surface area contributed by atoms with Gasteiger partial charge in [-0.1, -0.05) is 127 Å². The Morgan fingerprint density at radius 1 is 0.519 bits per heavy atom. The van der Waals surface area contributed by atoms with Crippen molar-refractivity contribution < 1.29 is 0 Å². The van der Waals surface area contributed by atoms with Gasteiger partial charge in [0, 0.05) is 48.7 Å². The molecule has 0 fully saturated rings. The second-order valence-electron chi connectivity index (χ2n) is 14.3. The van der Waals surface area contributed by atoms with Crippen LogP contribution in [0.15, 0.2) is 176 Å². The minimum absolute atomic E-state index is 0.221. The number of thiophene rings is 1. The Morgan fingerprint density at radius 3 is 2.04 bits per heavy atom. The molecule has 1 aliphatic carbocycles. The number of para-hydroxylation sites is 3. The third kappa shape index (κ3) is 4.17. The monoisotopic (exact) mass is 682 g/mol. The summed E-state index contributed by atoms with van der Waals surface area (Å²) in [7, 11) is 0. The molecule has 2 aromatic heterocycles. The van der Waals surface area contributed by atoms with Crippen molar-refractivity contribution in [2.45, 2.75) is 18.9 Å². The summed E-state index contributed by atoms with van der Waals surface area (Å²) >= 11 is 1.89. The Labute approximate surface area is 306 Å². The predicted octanol–water partition coefficient (Wildman–Crippen LogP) is 13.6. The molecule has 0 amide bonds. The lowest BCUT2D eigenvalue weighted by atomic mass is 9.79. The predicted molar refractivity (Wildman–Crippen MR) is 223 cm³/mol. The highest BCUT2D eigenvalue weighted by molar-refractivity contribution is 7.26. The van der Waals surface area contributed by atoms with Gasteiger partial charge in [0.2, 0.25) is 0 Å². The molecule has 0 saturated heterocycles. The van der Waals surface area contributed by atoms with Crippen LogP contribution in [0.1, 0.15) is 24.5 Å². The van der Waals surface area contributed by atoms with Crippen LogP contribution < -0.4 is 4.90 Å². The maximum absolute atomic E-state index is 2.59. The van der Waals surface area contributed by atoms with Crippen LogP contribution >= 0.6 is 11.3 Å². The fourth-order valence-corrected chi connectivity index (χ4v) is 10.2. The van der Waals surface area contributed by atoms with E-state index in [9.17, 15) is 0 Å². The maximum Gasteiger partial charge on any atom is 0.0716 e. The molecule has 1 aliphatic heterocycles. The highest BCUT2D eigenvalue weighted by atomic mass is 32.1. The normalized spacial score (nSPS) is 16.8. The van der Waals surface area contributed by atoms with Crippen molar-refractivity contribution in [3.63, 3.8) is 0 Å². The van der Waals surface area contributed by atoms with Crippen LogP contribution in [0.5, 0.6) is 0 Å². The van der Waals surface area contributed by atoms with Gasteiger partial charge < -0.3 is 9.47 Å². The average molecular weight is 683 g/mol. The quantitative estimate of drug-likeness (QED) is 0.179. The zero-order valence-corrected chi connectivity index (χ0v) is 29.6. The third-order valence-corrected chi connectivity index (χ3v) is 12.6. The van der Waals surface area contributed by atoms with E-state index in [-0.39, 0.29) is 5.54 Å². The Bertz CT molecular complexity index is 2960. The first kappa shape index (κ1) is 29.6. The summed E-state index contributed by atoms with van der Waals surface area (Å²) in [5.41, 5.74) is 13.7. The number of hydrogen-bond donors (Lipinski definition) is 0. The van der Waals surface area contributed by atoms with Gasteiger partial charge in [-0.3, -0.25) is 0 Å². The number of hydrogen-bond acceptors (Lipinski definition) is 2. The van der Waals surface area contributed by atoms with Crippen LogP contribution in [0, 0.1) is 0 Å². The first-order valence-corrected chi connectivity index (χ1v) is 18.9. The van der Waals surface area contributed by atoms with E-state index in [1.165, 1.54) is 92.4 Å². The first-order valence-electron chi connectivity index (χ1n) is 18.1. The number of anilines is 2. The molecule has 2 aliphatic rings. The van der Waals surface area contributed by atoms with Crippen LogP contribution in [0.25, 0.3) is 69.9 Å². The van der Waals surface area contributed by atoms with Gasteiger partial charge in [-0.25, -0.2) is 0 Å². The second kappa shape index (κ2) is 11.2. The smallest absolute Gasteiger partial charge is 0.0716 e. The van der Waals surface area contributed by atoms with Gasteiger partial charge in [-0.15, -0.1) is 11.3 Å². The van der Waals surface area contributed by atoms with E-state index < -0.39 is 0 Å². The molecule has 2 nitrogen and oxygen atoms in total. The van der Waals surface area contributed by atoms with Crippen LogP contribution in [0.2, 0.25) is 0 Å². The van der Waals surface area contributed by atoms with Gasteiger partial charge >= 0.3 is 0 Å². The highest BCUT2D eigenvalue weighted by Gasteiger charge is 2.46. The molecule has 9 aromatic rings. The van der Waals surface area contributed by atoms with Crippen LogP contribution in [-0.2, 0) is 0 Å². The van der Waals surface area contributed by atoms with Gasteiger partial charge in [-0.05, 0) is 84.2 Å². The molecule has 0 radical (unpaired) electrons. The molecular weight excluding hydrogens is 649 g/mol. The number of benzene rings is 7. The second-order valence-corrected chi connectivity index (χ2v) is 15.3. The molecule has 3 heteroatoms. The van der Waals surface area contributed by atoms with Gasteiger partial charge in [0.1, 0.15) is 0 Å². The van der Waals surface area contributed by atoms with Gasteiger partial charge in [-0.2, -0.15) is 0 Å². The average Bonchev–Trinajstić information content (AvgIpc) is 3.83. The zero-order chi connectivity index (χ0) is 34.4. The topological polar surface area (TPSA) is 8.17 Å². The maximum atomic E-state index is 2.59. The van der Waals surface area contributed by atoms with E-state index in [2.05, 4.69) is 192 Å². The summed E-state index contributed by atoms with van der Waals surface area (Å²) in [4.78, 5) is 2.59. The highest BCUT2D eigenvalue weighted by Crippen LogP contribution is 2.56. The Hall–Kier alpha value is -6.16. The standard InChI is InChI=1S/C49H34N2S/c1-49-29-28-34(31-41(49)39-19-7-11-23-45(39)51(49)44-22-10-5-16-35(44)32-14-3-2-4-15-32)33-26-27-43-40(30-33)36-17-6-9-21-42(36)50(43)46-24-13-20-38-37-18-8-12-25-47(37)52-48(38)46/h2-28,30-31H,29H2,1H3. The molecule has 7 aromatic carbocycles. The zero-order valence-electron chi connectivity index (χ0n) is 28.8. The van der Waals surface area contributed by atoms with Crippen molar-refractivity contribution in [2.24, 2.45) is 0 Å². The Balaban J connectivity index is 1.06. The van der Waals surface area contributed by atoms with Crippen molar-refractivity contribution in [3.8, 4) is 16.8 Å². The van der Waals surface area contributed by atoms with Crippen LogP contribution in [0.3, 0.4) is 0 Å². The van der Waals surface area contributed by atoms with E-state index in [1.807, 2.05) is 11.3 Å². The largest absolute Gasteiger partial charge is 0.330 e. The molecule has 3 heterocycles. The first-order chi connectivity index (χ1) is 25.7. The molecule has 0 bridgehead atoms. The van der Waals surface area contributed by atoms with Gasteiger partial charge in [0.05, 0.1) is 27.0 Å². The lowest BCUT2D eigenvalue weighted by Crippen LogP contribution is -2.41. The molecule has 52 heavy (non-hydrogen) atoms. The van der Waals surface area contributed by atoms with E-state index in [4.69, 9.17) is 0 Å². The van der Waals surface area contributed by atoms with Gasteiger partial charge in [0.25, 0.3) is 0 Å². The number of nitrogens with zero attached hydrogens (tertiary/aromatic N) is 2. The number of rotatable bonds is 4. The van der Waals surface area contributed by atoms with Crippen molar-refractivity contribution in [2.75, 3.05) is 4.90 Å². The number of fused-ring (bicyclic) bond motifs is 9. The SMILES string of the molecule is CC12CC=C(c3ccc4c(c3)c3ccccc3n4-c3cccc4c3sc3ccccc34)C=C1c1ccccc1N2c1ccccc1-c1ccccc1. The van der Waals surface area contributed by atoms with Crippen LogP contribution in [-0.4, -0.2) is 10.1 Å². The molecule has 0 N–H and O–H groups in total. The summed E-state index contributed by atoms with van der Waals surface area (Å²) in [6.07, 6.45) is 5.83. The Morgan fingerprint density at radius 2 is 1.17 bits per heavy atom. The van der Waals surface area contributed by atoms with E-state index in [0.29, 0.717) is 0 Å². The molecule has 11 rings (SSSR count). The van der Waals surface area contributed by atoms with Crippen molar-refractivity contribution in [1.29, 1.82) is 0 Å². The van der Waals surface area contributed by atoms with Crippen LogP contribution in [0.4, 0.5) is 11.4 Å². The molecule has 0 spiro atoms. The summed E-state index contributed by atoms with van der Waals surface area (Å²) in [6.45, 7) is 2.42. The summed E-state index contributed by atoms with van der Waals surface area (Å²) in [6, 6.07) is 60.1. The molecule has 246 valence electrons. The fourth-order valence-electron chi connectivity index (χ4n) is 8.98. The molecular formula is C49H34N2S. The summed E-state index contributed by atoms with van der Waals surface area (Å²) in [5, 5.41) is 5.21. The van der Waals surface area contributed by atoms with E-state index in [0.717, 1.165) is 6.42 Å². The van der Waals surface area contributed by atoms with E-state index in [1.54, 1.807) is 0 Å².